The Balaban J connectivity index is 1.17. The molecule has 64 heavy (non-hydrogen) atoms. The highest BCUT2D eigenvalue weighted by atomic mass is 16.7. The first-order valence-corrected chi connectivity index (χ1v) is 20.1. The molecule has 0 aromatic heterocycles. The van der Waals surface area contributed by atoms with Crippen molar-refractivity contribution in [1.29, 1.82) is 0 Å². The van der Waals surface area contributed by atoms with E-state index in [0.717, 1.165) is 24.3 Å². The van der Waals surface area contributed by atoms with Crippen molar-refractivity contribution >= 4 is 0 Å². The van der Waals surface area contributed by atoms with Crippen LogP contribution in [0.2, 0.25) is 0 Å². The summed E-state index contributed by atoms with van der Waals surface area (Å²) < 4.78 is 25.7. The molecule has 1 aliphatic carbocycles. The van der Waals surface area contributed by atoms with E-state index < -0.39 is 124 Å². The molecule has 5 aliphatic rings. The van der Waals surface area contributed by atoms with Crippen molar-refractivity contribution < 1.29 is 90.4 Å². The molecule has 14 N–H and O–H groups in total. The zero-order valence-electron chi connectivity index (χ0n) is 33.1. The average Bonchev–Trinajstić information content (AvgIpc) is 3.23. The molecule has 4 heterocycles. The lowest BCUT2D eigenvalue weighted by molar-refractivity contribution is -0.233. The first-order valence-electron chi connectivity index (χ1n) is 20.1. The van der Waals surface area contributed by atoms with Gasteiger partial charge in [0.05, 0.1) is 17.9 Å². The van der Waals surface area contributed by atoms with Gasteiger partial charge in [0.1, 0.15) is 75.8 Å². The van der Waals surface area contributed by atoms with E-state index in [2.05, 4.69) is 0 Å². The lowest BCUT2D eigenvalue weighted by Crippen LogP contribution is -2.64. The number of hydrogen-bond acceptors (Lipinski definition) is 18. The molecule has 0 saturated heterocycles. The summed E-state index contributed by atoms with van der Waals surface area (Å²) in [6.07, 6.45) is -5.70. The van der Waals surface area contributed by atoms with Gasteiger partial charge in [0, 0.05) is 70.8 Å². The molecule has 0 radical (unpaired) electrons. The Labute approximate surface area is 361 Å². The summed E-state index contributed by atoms with van der Waals surface area (Å²) in [5.41, 5.74) is 0.262. The van der Waals surface area contributed by atoms with Gasteiger partial charge < -0.3 is 90.4 Å². The van der Waals surface area contributed by atoms with Crippen molar-refractivity contribution in [1.82, 2.24) is 0 Å². The third-order valence-corrected chi connectivity index (χ3v) is 12.9. The summed E-state index contributed by atoms with van der Waals surface area (Å²) in [7, 11) is 0. The molecule has 18 nitrogen and oxygen atoms in total. The zero-order valence-corrected chi connectivity index (χ0v) is 33.1. The Morgan fingerprint density at radius 3 is 1.84 bits per heavy atom. The lowest BCUT2D eigenvalue weighted by Gasteiger charge is -2.53. The number of fused-ring (bicyclic) bond motifs is 9. The normalized spacial score (nSPS) is 27.4. The van der Waals surface area contributed by atoms with Gasteiger partial charge >= 0.3 is 0 Å². The van der Waals surface area contributed by atoms with E-state index >= 15 is 0 Å². The van der Waals surface area contributed by atoms with Gasteiger partial charge in [-0.25, -0.2) is 0 Å². The van der Waals surface area contributed by atoms with Crippen molar-refractivity contribution in [3.05, 3.63) is 123 Å². The van der Waals surface area contributed by atoms with Crippen LogP contribution in [0.1, 0.15) is 69.4 Å². The van der Waals surface area contributed by atoms with Crippen molar-refractivity contribution in [2.75, 3.05) is 0 Å². The standard InChI is InChI=1S/C46H40O18/c47-19-10-31(56)37-34(11-19)63-46(18-3-6-25(50)30(55)9-18)45(60)39(37)38-35(64-46)15-32(57)36-22(40(59)42(62-44(36)38)17-2-5-24(49)29(54)8-17)12-20-26(51)14-27(52)21-13-33(58)41(61-43(20)21)16-1-4-23(48)28(53)7-16/h1-8,10-11,14-15,18,22,33,39-42,45,47-60H,9,12-13H2/t18?,22?,33?,39-,40+,41?,42-,45-,46+/m1/s1. The number of hydrogen-bond donors (Lipinski definition) is 14. The predicted molar refractivity (Wildman–Crippen MR) is 217 cm³/mol. The van der Waals surface area contributed by atoms with Gasteiger partial charge in [-0.1, -0.05) is 18.2 Å². The summed E-state index contributed by atoms with van der Waals surface area (Å²) in [6.45, 7) is 0. The molecular formula is C46H40O18. The molecule has 9 atom stereocenters. The molecule has 18 heteroatoms. The van der Waals surface area contributed by atoms with Gasteiger partial charge in [0.25, 0.3) is 5.79 Å². The summed E-state index contributed by atoms with van der Waals surface area (Å²) in [6, 6.07) is 11.8. The third kappa shape index (κ3) is 5.97. The third-order valence-electron chi connectivity index (χ3n) is 12.9. The number of rotatable bonds is 5. The van der Waals surface area contributed by atoms with Gasteiger partial charge in [-0.3, -0.25) is 0 Å². The molecule has 0 fully saturated rings. The number of allylic oxidation sites excluding steroid dienone is 2. The number of aliphatic hydroxyl groups is 5. The highest BCUT2D eigenvalue weighted by molar-refractivity contribution is 5.69. The quantitative estimate of drug-likeness (QED) is 0.106. The average molecular weight is 881 g/mol. The van der Waals surface area contributed by atoms with E-state index in [-0.39, 0.29) is 74.8 Å². The topological polar surface area (TPSA) is 320 Å². The monoisotopic (exact) mass is 880 g/mol. The van der Waals surface area contributed by atoms with E-state index in [4.69, 9.17) is 18.9 Å². The first-order chi connectivity index (χ1) is 30.4. The molecule has 5 aromatic carbocycles. The van der Waals surface area contributed by atoms with Crippen LogP contribution in [-0.4, -0.2) is 95.6 Å². The molecule has 2 bridgehead atoms. The van der Waals surface area contributed by atoms with E-state index in [0.29, 0.717) is 0 Å². The molecule has 5 aromatic rings. The Hall–Kier alpha value is -7.54. The molecule has 0 saturated carbocycles. The molecule has 4 aliphatic heterocycles. The number of benzene rings is 5. The van der Waals surface area contributed by atoms with Gasteiger partial charge in [-0.15, -0.1) is 0 Å². The van der Waals surface area contributed by atoms with Crippen LogP contribution in [0, 0.1) is 5.92 Å². The van der Waals surface area contributed by atoms with E-state index in [1.54, 1.807) is 0 Å². The number of aliphatic hydroxyl groups excluding tert-OH is 5. The highest BCUT2D eigenvalue weighted by Gasteiger charge is 2.62. The molecule has 0 spiro atoms. The van der Waals surface area contributed by atoms with Crippen LogP contribution in [0.25, 0.3) is 0 Å². The summed E-state index contributed by atoms with van der Waals surface area (Å²) in [4.78, 5) is 0. The zero-order chi connectivity index (χ0) is 45.3. The maximum Gasteiger partial charge on any atom is 0.284 e. The summed E-state index contributed by atoms with van der Waals surface area (Å²) in [5.74, 6) is -11.8. The second kappa shape index (κ2) is 14.2. The number of ether oxygens (including phenoxy) is 4. The van der Waals surface area contributed by atoms with Crippen LogP contribution in [0.5, 0.6) is 74.7 Å². The van der Waals surface area contributed by atoms with Crippen LogP contribution in [0.3, 0.4) is 0 Å². The molecule has 4 unspecified atom stereocenters. The van der Waals surface area contributed by atoms with Crippen molar-refractivity contribution in [2.45, 2.75) is 67.4 Å². The van der Waals surface area contributed by atoms with Crippen LogP contribution in [0.4, 0.5) is 0 Å². The van der Waals surface area contributed by atoms with Crippen LogP contribution >= 0.6 is 0 Å². The SMILES string of the molecule is OC1=C(O)CC([C@]23Oc4cc(O)cc(O)c4[C@H](c4c(cc(O)c5c4O[C@H](c4ccc(O)c(O)c4)[C@@H](O)C5Cc4c(O)cc(O)c5c4OC(c4ccc(O)c(O)c4)C(O)C5)O2)[C@H]3O)C=C1. The maximum atomic E-state index is 12.5. The van der Waals surface area contributed by atoms with Crippen LogP contribution in [0.15, 0.2) is 84.3 Å². The van der Waals surface area contributed by atoms with Crippen molar-refractivity contribution in [2.24, 2.45) is 5.92 Å². The smallest absolute Gasteiger partial charge is 0.284 e. The van der Waals surface area contributed by atoms with E-state index in [1.807, 2.05) is 0 Å². The van der Waals surface area contributed by atoms with Gasteiger partial charge in [-0.05, 0) is 47.9 Å². The Kier molecular flexibility index (Phi) is 9.02. The fraction of sp³-hybridized carbons (Fsp3) is 0.261. The number of phenols is 9. The number of aromatic hydroxyl groups is 9. The maximum absolute atomic E-state index is 12.5. The van der Waals surface area contributed by atoms with E-state index in [9.17, 15) is 71.5 Å². The fourth-order valence-corrected chi connectivity index (χ4v) is 9.81. The van der Waals surface area contributed by atoms with Gasteiger partial charge in [0.15, 0.2) is 34.9 Å². The Morgan fingerprint density at radius 1 is 0.562 bits per heavy atom. The minimum absolute atomic E-state index is 0.0114. The first kappa shape index (κ1) is 40.5. The second-order valence-electron chi connectivity index (χ2n) is 16.6. The molecule has 10 rings (SSSR count). The van der Waals surface area contributed by atoms with Crippen molar-refractivity contribution in [3.63, 3.8) is 0 Å². The summed E-state index contributed by atoms with van der Waals surface area (Å²) >= 11 is 0. The fourth-order valence-electron chi connectivity index (χ4n) is 9.81. The van der Waals surface area contributed by atoms with E-state index in [1.165, 1.54) is 48.6 Å². The highest BCUT2D eigenvalue weighted by Crippen LogP contribution is 2.64. The minimum Gasteiger partial charge on any atom is -0.508 e. The van der Waals surface area contributed by atoms with Crippen LogP contribution in [-0.2, 0) is 12.8 Å². The summed E-state index contributed by atoms with van der Waals surface area (Å²) in [5, 5.41) is 155. The predicted octanol–water partition coefficient (Wildman–Crippen LogP) is 4.77. The van der Waals surface area contributed by atoms with Gasteiger partial charge in [-0.2, -0.15) is 0 Å². The van der Waals surface area contributed by atoms with Gasteiger partial charge in [0.2, 0.25) is 0 Å². The lowest BCUT2D eigenvalue weighted by atomic mass is 9.70. The Morgan fingerprint density at radius 2 is 1.19 bits per heavy atom. The Bertz CT molecular complexity index is 2850. The van der Waals surface area contributed by atoms with Crippen molar-refractivity contribution in [3.8, 4) is 74.7 Å². The minimum atomic E-state index is -2.14. The number of phenolic OH excluding ortho intramolecular Hbond substituents is 9. The second-order valence-corrected chi connectivity index (χ2v) is 16.6. The molecule has 332 valence electrons. The molecular weight excluding hydrogens is 840 g/mol. The largest absolute Gasteiger partial charge is 0.508 e. The molecule has 0 amide bonds. The van der Waals surface area contributed by atoms with Crippen LogP contribution < -0.4 is 18.9 Å².